The number of benzene rings is 1. The SMILES string of the molecule is CC(C)(O)C1Oc2cc3oc(=O)ccc3cc2C1O[C@@H]1O[C@H](CO)[C@@H](O)[C@H](O)[C@H]1O. The van der Waals surface area contributed by atoms with Crippen molar-refractivity contribution >= 4 is 11.0 Å². The Bertz CT molecular complexity index is 978. The molecule has 0 aliphatic carbocycles. The maximum Gasteiger partial charge on any atom is 0.336 e. The molecule has 3 heterocycles. The highest BCUT2D eigenvalue weighted by Crippen LogP contribution is 2.45. The van der Waals surface area contributed by atoms with Crippen LogP contribution >= 0.6 is 0 Å². The van der Waals surface area contributed by atoms with E-state index in [9.17, 15) is 30.3 Å². The summed E-state index contributed by atoms with van der Waals surface area (Å²) in [4.78, 5) is 11.5. The number of hydrogen-bond acceptors (Lipinski definition) is 10. The quantitative estimate of drug-likeness (QED) is 0.393. The molecule has 0 saturated carbocycles. The number of hydrogen-bond donors (Lipinski definition) is 5. The van der Waals surface area contributed by atoms with Gasteiger partial charge in [0.05, 0.1) is 12.2 Å². The molecule has 0 bridgehead atoms. The summed E-state index contributed by atoms with van der Waals surface area (Å²) < 4.78 is 22.4. The van der Waals surface area contributed by atoms with Crippen molar-refractivity contribution in [3.63, 3.8) is 0 Å². The van der Waals surface area contributed by atoms with Crippen LogP contribution in [-0.4, -0.2) is 74.6 Å². The third-order valence-electron chi connectivity index (χ3n) is 5.41. The maximum atomic E-state index is 11.5. The van der Waals surface area contributed by atoms with Gasteiger partial charge >= 0.3 is 5.63 Å². The predicted octanol–water partition coefficient (Wildman–Crippen LogP) is -0.818. The molecular formula is C20H24O10. The molecule has 0 amide bonds. The number of aliphatic hydroxyl groups is 5. The van der Waals surface area contributed by atoms with Crippen LogP contribution in [0.15, 0.2) is 33.5 Å². The Balaban J connectivity index is 1.72. The van der Waals surface area contributed by atoms with Crippen LogP contribution in [0.3, 0.4) is 0 Å². The van der Waals surface area contributed by atoms with Crippen molar-refractivity contribution < 1.29 is 44.2 Å². The van der Waals surface area contributed by atoms with Crippen LogP contribution in [0.5, 0.6) is 5.75 Å². The zero-order valence-corrected chi connectivity index (χ0v) is 16.3. The van der Waals surface area contributed by atoms with E-state index < -0.39 is 60.7 Å². The smallest absolute Gasteiger partial charge is 0.336 e. The Kier molecular flexibility index (Phi) is 5.35. The van der Waals surface area contributed by atoms with E-state index in [1.54, 1.807) is 12.1 Å². The molecule has 10 nitrogen and oxygen atoms in total. The molecule has 2 aromatic rings. The van der Waals surface area contributed by atoms with Crippen molar-refractivity contribution in [2.75, 3.05) is 6.61 Å². The van der Waals surface area contributed by atoms with Crippen molar-refractivity contribution in [2.45, 2.75) is 62.4 Å². The van der Waals surface area contributed by atoms with Crippen molar-refractivity contribution in [3.8, 4) is 5.75 Å². The van der Waals surface area contributed by atoms with Gasteiger partial charge in [-0.15, -0.1) is 0 Å². The third kappa shape index (κ3) is 3.60. The van der Waals surface area contributed by atoms with Crippen LogP contribution in [0.2, 0.25) is 0 Å². The average Bonchev–Trinajstić information content (AvgIpc) is 3.04. The Hall–Kier alpha value is -2.05. The number of rotatable bonds is 4. The Morgan fingerprint density at radius 3 is 2.50 bits per heavy atom. The van der Waals surface area contributed by atoms with E-state index in [2.05, 4.69) is 0 Å². The second-order valence-electron chi connectivity index (χ2n) is 8.13. The number of aliphatic hydroxyl groups excluding tert-OH is 4. The molecule has 10 heteroatoms. The third-order valence-corrected chi connectivity index (χ3v) is 5.41. The van der Waals surface area contributed by atoms with Crippen LogP contribution < -0.4 is 10.4 Å². The monoisotopic (exact) mass is 424 g/mol. The van der Waals surface area contributed by atoms with Crippen LogP contribution in [0, 0.1) is 0 Å². The van der Waals surface area contributed by atoms with Crippen LogP contribution in [0.1, 0.15) is 25.5 Å². The van der Waals surface area contributed by atoms with Gasteiger partial charge in [-0.3, -0.25) is 0 Å². The second-order valence-corrected chi connectivity index (χ2v) is 8.13. The summed E-state index contributed by atoms with van der Waals surface area (Å²) >= 11 is 0. The summed E-state index contributed by atoms with van der Waals surface area (Å²) in [6.45, 7) is 2.45. The standard InChI is InChI=1S/C20H24O10/c1-20(2,26)18-17(30-19-16(25)15(24)14(23)12(7-21)29-19)9-5-8-3-4-13(22)27-10(8)6-11(9)28-18/h3-6,12,14-19,21,23-26H,7H2,1-2H3/t12-,14-,15+,16-,17?,18?,19+/m1/s1. The second kappa shape index (κ2) is 7.57. The fourth-order valence-corrected chi connectivity index (χ4v) is 3.78. The van der Waals surface area contributed by atoms with Crippen LogP contribution in [0.25, 0.3) is 11.0 Å². The number of ether oxygens (including phenoxy) is 3. The van der Waals surface area contributed by atoms with Gasteiger partial charge < -0.3 is 44.2 Å². The van der Waals surface area contributed by atoms with Gasteiger partial charge in [0, 0.05) is 23.1 Å². The molecule has 1 aromatic carbocycles. The molecule has 2 unspecified atom stereocenters. The van der Waals surface area contributed by atoms with E-state index in [1.165, 1.54) is 26.0 Å². The lowest BCUT2D eigenvalue weighted by Gasteiger charge is -2.41. The minimum Gasteiger partial charge on any atom is -0.484 e. The van der Waals surface area contributed by atoms with Gasteiger partial charge in [-0.05, 0) is 26.0 Å². The predicted molar refractivity (Wildman–Crippen MR) is 101 cm³/mol. The van der Waals surface area contributed by atoms with Crippen LogP contribution in [0.4, 0.5) is 0 Å². The van der Waals surface area contributed by atoms with Gasteiger partial charge in [0.25, 0.3) is 0 Å². The Labute approximate surface area is 170 Å². The van der Waals surface area contributed by atoms with E-state index >= 15 is 0 Å². The molecule has 2 aliphatic rings. The van der Waals surface area contributed by atoms with Gasteiger partial charge in [-0.2, -0.15) is 0 Å². The average molecular weight is 424 g/mol. The fraction of sp³-hybridized carbons (Fsp3) is 0.550. The van der Waals surface area contributed by atoms with Gasteiger partial charge in [0.15, 0.2) is 12.4 Å². The molecule has 0 spiro atoms. The number of fused-ring (bicyclic) bond motifs is 2. The molecule has 1 saturated heterocycles. The summed E-state index contributed by atoms with van der Waals surface area (Å²) in [6.07, 6.45) is -9.13. The Morgan fingerprint density at radius 1 is 1.10 bits per heavy atom. The molecule has 7 atom stereocenters. The van der Waals surface area contributed by atoms with Gasteiger partial charge in [-0.25, -0.2) is 4.79 Å². The lowest BCUT2D eigenvalue weighted by atomic mass is 9.93. The molecule has 1 aromatic heterocycles. The molecule has 5 N–H and O–H groups in total. The van der Waals surface area contributed by atoms with Gasteiger partial charge in [0.2, 0.25) is 0 Å². The minimum absolute atomic E-state index is 0.296. The first-order valence-corrected chi connectivity index (χ1v) is 9.53. The fourth-order valence-electron chi connectivity index (χ4n) is 3.78. The molecule has 1 fully saturated rings. The van der Waals surface area contributed by atoms with Crippen molar-refractivity contribution in [1.82, 2.24) is 0 Å². The van der Waals surface area contributed by atoms with E-state index in [0.29, 0.717) is 22.3 Å². The van der Waals surface area contributed by atoms with Crippen molar-refractivity contribution in [3.05, 3.63) is 40.2 Å². The summed E-state index contributed by atoms with van der Waals surface area (Å²) in [6, 6.07) is 6.03. The molecule has 30 heavy (non-hydrogen) atoms. The topological polar surface area (TPSA) is 159 Å². The molecule has 0 radical (unpaired) electrons. The normalized spacial score (nSPS) is 34.0. The van der Waals surface area contributed by atoms with Crippen molar-refractivity contribution in [1.29, 1.82) is 0 Å². The molecule has 4 rings (SSSR count). The van der Waals surface area contributed by atoms with E-state index in [0.717, 1.165) is 0 Å². The van der Waals surface area contributed by atoms with E-state index in [4.69, 9.17) is 18.6 Å². The summed E-state index contributed by atoms with van der Waals surface area (Å²) in [5.41, 5.74) is -1.09. The lowest BCUT2D eigenvalue weighted by molar-refractivity contribution is -0.319. The summed E-state index contributed by atoms with van der Waals surface area (Å²) in [7, 11) is 0. The first kappa shape index (κ1) is 21.2. The minimum atomic E-state index is -1.60. The summed E-state index contributed by atoms with van der Waals surface area (Å²) in [5.74, 6) is 0.318. The van der Waals surface area contributed by atoms with Gasteiger partial charge in [-0.1, -0.05) is 0 Å². The maximum absolute atomic E-state index is 11.5. The van der Waals surface area contributed by atoms with E-state index in [-0.39, 0.29) is 0 Å². The van der Waals surface area contributed by atoms with Crippen molar-refractivity contribution in [2.24, 2.45) is 0 Å². The highest BCUT2D eigenvalue weighted by atomic mass is 16.7. The highest BCUT2D eigenvalue weighted by Gasteiger charge is 2.50. The molecule has 164 valence electrons. The zero-order valence-electron chi connectivity index (χ0n) is 16.3. The van der Waals surface area contributed by atoms with Gasteiger partial charge in [0.1, 0.15) is 41.9 Å². The molecule has 2 aliphatic heterocycles. The molecular weight excluding hydrogens is 400 g/mol. The van der Waals surface area contributed by atoms with Crippen LogP contribution in [-0.2, 0) is 9.47 Å². The van der Waals surface area contributed by atoms with E-state index in [1.807, 2.05) is 0 Å². The summed E-state index contributed by atoms with van der Waals surface area (Å²) in [5, 5.41) is 50.9. The lowest BCUT2D eigenvalue weighted by Crippen LogP contribution is -2.59. The Morgan fingerprint density at radius 2 is 1.83 bits per heavy atom. The zero-order chi connectivity index (χ0) is 21.8. The largest absolute Gasteiger partial charge is 0.484 e. The first-order valence-electron chi connectivity index (χ1n) is 9.53. The highest BCUT2D eigenvalue weighted by molar-refractivity contribution is 5.80. The first-order chi connectivity index (χ1) is 14.1.